The van der Waals surface area contributed by atoms with E-state index in [4.69, 9.17) is 23.2 Å². The third-order valence-corrected chi connectivity index (χ3v) is 2.60. The van der Waals surface area contributed by atoms with Gasteiger partial charge in [-0.1, -0.05) is 36.4 Å². The number of allylic oxidation sites excluding steroid dienone is 2. The number of halogens is 2. The fourth-order valence-electron chi connectivity index (χ4n) is 1.46. The lowest BCUT2D eigenvalue weighted by atomic mass is 9.74. The van der Waals surface area contributed by atoms with E-state index in [9.17, 15) is 9.59 Å². The first-order chi connectivity index (χ1) is 6.72. The third kappa shape index (κ3) is 3.80. The summed E-state index contributed by atoms with van der Waals surface area (Å²) in [6.07, 6.45) is 0.204. The Morgan fingerprint density at radius 1 is 1.00 bits per heavy atom. The lowest BCUT2D eigenvalue weighted by Gasteiger charge is -2.27. The van der Waals surface area contributed by atoms with Gasteiger partial charge in [-0.15, -0.1) is 0 Å². The molecule has 0 bridgehead atoms. The molecule has 4 heteroatoms. The monoisotopic (exact) mass is 248 g/mol. The third-order valence-electron chi connectivity index (χ3n) is 2.34. The largest absolute Gasteiger partial charge is 0.299 e. The first-order valence-corrected chi connectivity index (χ1v) is 5.16. The molecule has 0 aromatic heterocycles. The Bertz CT molecular complexity index is 287. The van der Waals surface area contributed by atoms with Crippen molar-refractivity contribution in [2.24, 2.45) is 5.41 Å². The number of carbonyl (C=O) groups excluding carboxylic acids is 2. The molecular formula is C11H14Cl2O2. The van der Waals surface area contributed by atoms with E-state index < -0.39 is 5.41 Å². The Labute approximate surface area is 99.9 Å². The number of Topliss-reactive ketones (excluding diaryl/α,β-unsaturated/α-hetero) is 2. The molecule has 0 heterocycles. The zero-order valence-electron chi connectivity index (χ0n) is 8.90. The highest BCUT2D eigenvalue weighted by Crippen LogP contribution is 2.36. The van der Waals surface area contributed by atoms with E-state index in [1.807, 2.05) is 0 Å². The summed E-state index contributed by atoms with van der Waals surface area (Å²) in [4.78, 5) is 23.1. The smallest absolute Gasteiger partial charge is 0.144 e. The van der Waals surface area contributed by atoms with Gasteiger partial charge in [-0.3, -0.25) is 9.59 Å². The van der Waals surface area contributed by atoms with E-state index in [2.05, 4.69) is 13.2 Å². The van der Waals surface area contributed by atoms with Crippen molar-refractivity contribution in [3.8, 4) is 0 Å². The average molecular weight is 249 g/mol. The summed E-state index contributed by atoms with van der Waals surface area (Å²) in [6.45, 7) is 9.70. The van der Waals surface area contributed by atoms with Crippen LogP contribution in [0.15, 0.2) is 23.2 Å². The summed E-state index contributed by atoms with van der Waals surface area (Å²) in [5.41, 5.74) is -1.20. The van der Waals surface area contributed by atoms with Crippen LogP contribution in [-0.2, 0) is 9.59 Å². The number of hydrogen-bond acceptors (Lipinski definition) is 2. The van der Waals surface area contributed by atoms with Crippen LogP contribution in [-0.4, -0.2) is 11.6 Å². The molecule has 84 valence electrons. The van der Waals surface area contributed by atoms with Crippen LogP contribution in [0.4, 0.5) is 0 Å². The van der Waals surface area contributed by atoms with Gasteiger partial charge in [0.05, 0.1) is 5.41 Å². The molecule has 0 radical (unpaired) electrons. The van der Waals surface area contributed by atoms with Gasteiger partial charge >= 0.3 is 0 Å². The standard InChI is InChI=1S/C11H14Cl2O2/c1-7(12)5-11(9(3)14,10(4)15)6-8(2)13/h1-2,5-6H2,3-4H3. The van der Waals surface area contributed by atoms with Gasteiger partial charge in [0.15, 0.2) is 0 Å². The molecule has 0 spiro atoms. The normalized spacial score (nSPS) is 10.9. The Morgan fingerprint density at radius 2 is 1.27 bits per heavy atom. The highest BCUT2D eigenvalue weighted by Gasteiger charge is 2.40. The molecule has 0 aliphatic carbocycles. The van der Waals surface area contributed by atoms with Crippen LogP contribution < -0.4 is 0 Å². The fraction of sp³-hybridized carbons (Fsp3) is 0.455. The first kappa shape index (κ1) is 14.4. The molecular weight excluding hydrogens is 235 g/mol. The van der Waals surface area contributed by atoms with Gasteiger partial charge in [-0.2, -0.15) is 0 Å². The highest BCUT2D eigenvalue weighted by molar-refractivity contribution is 6.31. The summed E-state index contributed by atoms with van der Waals surface area (Å²) in [5.74, 6) is -0.530. The molecule has 0 aromatic rings. The van der Waals surface area contributed by atoms with Gasteiger partial charge in [-0.05, 0) is 13.8 Å². The van der Waals surface area contributed by atoms with Crippen molar-refractivity contribution < 1.29 is 9.59 Å². The maximum absolute atomic E-state index is 11.6. The Morgan fingerprint density at radius 3 is 1.40 bits per heavy atom. The Hall–Kier alpha value is -0.600. The first-order valence-electron chi connectivity index (χ1n) is 4.41. The summed E-state index contributed by atoms with van der Waals surface area (Å²) in [5, 5.41) is 0.525. The molecule has 0 aromatic carbocycles. The summed E-state index contributed by atoms with van der Waals surface area (Å²) in [7, 11) is 0. The van der Waals surface area contributed by atoms with E-state index in [1.165, 1.54) is 13.8 Å². The molecule has 0 saturated carbocycles. The minimum absolute atomic E-state index is 0.102. The van der Waals surface area contributed by atoms with Crippen LogP contribution in [0.5, 0.6) is 0 Å². The van der Waals surface area contributed by atoms with Gasteiger partial charge in [0, 0.05) is 22.9 Å². The number of hydrogen-bond donors (Lipinski definition) is 0. The molecule has 0 unspecified atom stereocenters. The van der Waals surface area contributed by atoms with Crippen molar-refractivity contribution in [3.63, 3.8) is 0 Å². The van der Waals surface area contributed by atoms with E-state index in [-0.39, 0.29) is 34.5 Å². The molecule has 0 aliphatic rings. The zero-order chi connectivity index (χ0) is 12.2. The second kappa shape index (κ2) is 5.47. The molecule has 0 fully saturated rings. The number of ketones is 2. The van der Waals surface area contributed by atoms with Crippen LogP contribution in [0.1, 0.15) is 26.7 Å². The SMILES string of the molecule is C=C(Cl)CC(CC(=C)Cl)(C(C)=O)C(C)=O. The van der Waals surface area contributed by atoms with Crippen LogP contribution in [0, 0.1) is 5.41 Å². The minimum atomic E-state index is -1.20. The quantitative estimate of drug-likeness (QED) is 0.676. The Balaban J connectivity index is 5.26. The second-order valence-corrected chi connectivity index (χ2v) is 4.65. The maximum atomic E-state index is 11.6. The molecule has 0 aliphatic heterocycles. The molecule has 0 N–H and O–H groups in total. The van der Waals surface area contributed by atoms with Gasteiger partial charge < -0.3 is 0 Å². The summed E-state index contributed by atoms with van der Waals surface area (Å²) in [6, 6.07) is 0. The van der Waals surface area contributed by atoms with Crippen molar-refractivity contribution >= 4 is 34.8 Å². The van der Waals surface area contributed by atoms with E-state index in [0.29, 0.717) is 0 Å². The highest BCUT2D eigenvalue weighted by atomic mass is 35.5. The molecule has 2 nitrogen and oxygen atoms in total. The van der Waals surface area contributed by atoms with Crippen LogP contribution in [0.2, 0.25) is 0 Å². The fourth-order valence-corrected chi connectivity index (χ4v) is 1.92. The van der Waals surface area contributed by atoms with Crippen molar-refractivity contribution in [1.82, 2.24) is 0 Å². The molecule has 15 heavy (non-hydrogen) atoms. The van der Waals surface area contributed by atoms with Crippen molar-refractivity contribution in [2.75, 3.05) is 0 Å². The minimum Gasteiger partial charge on any atom is -0.299 e. The van der Waals surface area contributed by atoms with Gasteiger partial charge in [0.25, 0.3) is 0 Å². The van der Waals surface area contributed by atoms with Crippen LogP contribution in [0.25, 0.3) is 0 Å². The summed E-state index contributed by atoms with van der Waals surface area (Å²) >= 11 is 11.3. The van der Waals surface area contributed by atoms with Crippen molar-refractivity contribution in [1.29, 1.82) is 0 Å². The zero-order valence-corrected chi connectivity index (χ0v) is 10.4. The average Bonchev–Trinajstić information content (AvgIpc) is 1.99. The summed E-state index contributed by atoms with van der Waals surface area (Å²) < 4.78 is 0. The van der Waals surface area contributed by atoms with Crippen LogP contribution in [0.3, 0.4) is 0 Å². The van der Waals surface area contributed by atoms with E-state index in [0.717, 1.165) is 0 Å². The molecule has 0 saturated heterocycles. The predicted molar refractivity (Wildman–Crippen MR) is 63.0 cm³/mol. The lowest BCUT2D eigenvalue weighted by Crippen LogP contribution is -2.36. The lowest BCUT2D eigenvalue weighted by molar-refractivity contribution is -0.138. The molecule has 0 rings (SSSR count). The van der Waals surface area contributed by atoms with Crippen molar-refractivity contribution in [3.05, 3.63) is 23.2 Å². The van der Waals surface area contributed by atoms with E-state index >= 15 is 0 Å². The maximum Gasteiger partial charge on any atom is 0.144 e. The van der Waals surface area contributed by atoms with E-state index in [1.54, 1.807) is 0 Å². The number of carbonyl (C=O) groups is 2. The van der Waals surface area contributed by atoms with Crippen molar-refractivity contribution in [2.45, 2.75) is 26.7 Å². The van der Waals surface area contributed by atoms with Gasteiger partial charge in [-0.25, -0.2) is 0 Å². The number of rotatable bonds is 6. The molecule has 0 atom stereocenters. The van der Waals surface area contributed by atoms with Gasteiger partial charge in [0.1, 0.15) is 11.6 Å². The second-order valence-electron chi connectivity index (χ2n) is 3.58. The topological polar surface area (TPSA) is 34.1 Å². The Kier molecular flexibility index (Phi) is 5.26. The molecule has 0 amide bonds. The van der Waals surface area contributed by atoms with Gasteiger partial charge in [0.2, 0.25) is 0 Å². The predicted octanol–water partition coefficient (Wildman–Crippen LogP) is 3.44. The van der Waals surface area contributed by atoms with Crippen LogP contribution >= 0.6 is 23.2 Å².